The number of carboxylic acids is 1. The molecule has 0 bridgehead atoms. The Morgan fingerprint density at radius 1 is 1.15 bits per heavy atom. The van der Waals surface area contributed by atoms with Crippen molar-refractivity contribution in [2.75, 3.05) is 18.1 Å². The second-order valence-electron chi connectivity index (χ2n) is 7.17. The van der Waals surface area contributed by atoms with Crippen LogP contribution < -0.4 is 27.7 Å². The number of hydrogen-bond acceptors (Lipinski definition) is 7. The van der Waals surface area contributed by atoms with Crippen molar-refractivity contribution >= 4 is 29.2 Å². The average molecular weight is 449 g/mol. The molecule has 33 heavy (non-hydrogen) atoms. The maximum atomic E-state index is 12.9. The number of amidine groups is 1. The first-order valence-electron chi connectivity index (χ1n) is 9.81. The summed E-state index contributed by atoms with van der Waals surface area (Å²) in [5, 5.41) is 22.2. The monoisotopic (exact) mass is 449 g/mol. The van der Waals surface area contributed by atoms with Crippen LogP contribution in [0.3, 0.4) is 0 Å². The van der Waals surface area contributed by atoms with Crippen molar-refractivity contribution in [3.8, 4) is 11.3 Å². The third kappa shape index (κ3) is 5.34. The molecular weight excluding hydrogens is 426 g/mol. The highest BCUT2D eigenvalue weighted by molar-refractivity contribution is 5.95. The van der Waals surface area contributed by atoms with Gasteiger partial charge in [0.15, 0.2) is 5.82 Å². The van der Waals surface area contributed by atoms with Gasteiger partial charge in [0.25, 0.3) is 5.56 Å². The number of aromatic nitrogens is 2. The maximum absolute atomic E-state index is 12.9. The summed E-state index contributed by atoms with van der Waals surface area (Å²) >= 11 is 0. The quantitative estimate of drug-likeness (QED) is 0.166. The predicted molar refractivity (Wildman–Crippen MR) is 124 cm³/mol. The molecule has 0 saturated heterocycles. The van der Waals surface area contributed by atoms with E-state index >= 15 is 0 Å². The summed E-state index contributed by atoms with van der Waals surface area (Å²) in [5.41, 5.74) is 12.8. The van der Waals surface area contributed by atoms with E-state index in [-0.39, 0.29) is 41.7 Å². The number of carbonyl (C=O) groups is 2. The summed E-state index contributed by atoms with van der Waals surface area (Å²) in [6.07, 6.45) is 1.38. The molecule has 0 aliphatic rings. The zero-order valence-corrected chi connectivity index (χ0v) is 17.8. The van der Waals surface area contributed by atoms with Crippen molar-refractivity contribution < 1.29 is 14.7 Å². The Labute approximate surface area is 188 Å². The smallest absolute Gasteiger partial charge is 0.335 e. The van der Waals surface area contributed by atoms with Crippen LogP contribution in [0.25, 0.3) is 11.3 Å². The molecule has 1 amide bonds. The fourth-order valence-corrected chi connectivity index (χ4v) is 3.17. The molecule has 11 heteroatoms. The Morgan fingerprint density at radius 2 is 1.85 bits per heavy atom. The minimum Gasteiger partial charge on any atom is -0.478 e. The average Bonchev–Trinajstić information content (AvgIpc) is 2.78. The molecular formula is C22H23N7O4. The van der Waals surface area contributed by atoms with Crippen LogP contribution in [0.4, 0.5) is 11.5 Å². The van der Waals surface area contributed by atoms with Gasteiger partial charge < -0.3 is 27.2 Å². The standard InChI is InChI=1S/C22H23N7O4/c1-26-20-21(31)29(11-18(30)27-9-12-2-4-13(5-3-12)19(24)25)17(10-28-20)14-6-15(22(32)33)8-16(23)7-14/h2-8,10H,9,11,23H2,1H3,(H3,24,25)(H,26,28)(H,27,30)(H,32,33). The van der Waals surface area contributed by atoms with E-state index in [1.165, 1.54) is 36.0 Å². The Balaban J connectivity index is 1.89. The number of nitrogen functional groups attached to an aromatic ring is 2. The fourth-order valence-electron chi connectivity index (χ4n) is 3.17. The summed E-state index contributed by atoms with van der Waals surface area (Å²) in [6.45, 7) is -0.124. The molecule has 0 aliphatic carbocycles. The number of nitrogens with one attached hydrogen (secondary N) is 3. The number of carbonyl (C=O) groups excluding carboxylic acids is 1. The number of rotatable bonds is 8. The van der Waals surface area contributed by atoms with E-state index in [2.05, 4.69) is 15.6 Å². The number of aromatic carboxylic acids is 1. The molecule has 3 rings (SSSR count). The fraction of sp³-hybridized carbons (Fsp3) is 0.136. The summed E-state index contributed by atoms with van der Waals surface area (Å²) < 4.78 is 1.20. The highest BCUT2D eigenvalue weighted by Crippen LogP contribution is 2.23. The highest BCUT2D eigenvalue weighted by Gasteiger charge is 2.16. The van der Waals surface area contributed by atoms with Gasteiger partial charge in [0.2, 0.25) is 5.91 Å². The number of anilines is 2. The second-order valence-corrected chi connectivity index (χ2v) is 7.17. The molecule has 0 fully saturated rings. The summed E-state index contributed by atoms with van der Waals surface area (Å²) in [7, 11) is 1.53. The van der Waals surface area contributed by atoms with Crippen molar-refractivity contribution in [3.63, 3.8) is 0 Å². The van der Waals surface area contributed by atoms with Gasteiger partial charge in [-0.25, -0.2) is 9.78 Å². The largest absolute Gasteiger partial charge is 0.478 e. The molecule has 2 aromatic carbocycles. The zero-order valence-electron chi connectivity index (χ0n) is 17.8. The molecule has 0 saturated carbocycles. The van der Waals surface area contributed by atoms with E-state index in [1.807, 2.05) is 0 Å². The Morgan fingerprint density at radius 3 is 2.45 bits per heavy atom. The first kappa shape index (κ1) is 23.0. The number of amides is 1. The first-order chi connectivity index (χ1) is 15.7. The lowest BCUT2D eigenvalue weighted by atomic mass is 10.1. The Bertz CT molecular complexity index is 1280. The second kappa shape index (κ2) is 9.64. The van der Waals surface area contributed by atoms with Crippen LogP contribution in [0.5, 0.6) is 0 Å². The minimum atomic E-state index is -1.18. The van der Waals surface area contributed by atoms with Crippen molar-refractivity contribution in [1.82, 2.24) is 14.9 Å². The topological polar surface area (TPSA) is 189 Å². The third-order valence-corrected chi connectivity index (χ3v) is 4.85. The van der Waals surface area contributed by atoms with Gasteiger partial charge in [-0.15, -0.1) is 0 Å². The molecule has 8 N–H and O–H groups in total. The molecule has 1 aromatic heterocycles. The van der Waals surface area contributed by atoms with Gasteiger partial charge in [-0.2, -0.15) is 0 Å². The number of nitrogens with two attached hydrogens (primary N) is 2. The maximum Gasteiger partial charge on any atom is 0.335 e. The summed E-state index contributed by atoms with van der Waals surface area (Å²) in [4.78, 5) is 41.0. The summed E-state index contributed by atoms with van der Waals surface area (Å²) in [6, 6.07) is 11.0. The van der Waals surface area contributed by atoms with Crippen molar-refractivity contribution in [2.24, 2.45) is 5.73 Å². The lowest BCUT2D eigenvalue weighted by Crippen LogP contribution is -2.34. The van der Waals surface area contributed by atoms with Gasteiger partial charge >= 0.3 is 5.97 Å². The van der Waals surface area contributed by atoms with Gasteiger partial charge in [-0.3, -0.25) is 19.6 Å². The molecule has 11 nitrogen and oxygen atoms in total. The lowest BCUT2D eigenvalue weighted by Gasteiger charge is -2.15. The van der Waals surface area contributed by atoms with Crippen LogP contribution in [0.15, 0.2) is 53.5 Å². The molecule has 3 aromatic rings. The number of carboxylic acid groups (broad SMARTS) is 1. The molecule has 170 valence electrons. The van der Waals surface area contributed by atoms with E-state index < -0.39 is 17.4 Å². The van der Waals surface area contributed by atoms with Crippen LogP contribution in [0, 0.1) is 5.41 Å². The number of nitrogens with zero attached hydrogens (tertiary/aromatic N) is 2. The number of benzene rings is 2. The third-order valence-electron chi connectivity index (χ3n) is 4.85. The Hall–Kier alpha value is -4.67. The molecule has 0 aliphatic heterocycles. The molecule has 1 heterocycles. The first-order valence-corrected chi connectivity index (χ1v) is 9.81. The highest BCUT2D eigenvalue weighted by atomic mass is 16.4. The van der Waals surface area contributed by atoms with E-state index in [9.17, 15) is 19.5 Å². The van der Waals surface area contributed by atoms with E-state index in [0.29, 0.717) is 11.1 Å². The van der Waals surface area contributed by atoms with Gasteiger partial charge in [-0.05, 0) is 23.8 Å². The Kier molecular flexibility index (Phi) is 6.72. The van der Waals surface area contributed by atoms with Crippen molar-refractivity contribution in [1.29, 1.82) is 5.41 Å². The van der Waals surface area contributed by atoms with Crippen LogP contribution in [0.2, 0.25) is 0 Å². The van der Waals surface area contributed by atoms with Crippen molar-refractivity contribution in [2.45, 2.75) is 13.1 Å². The van der Waals surface area contributed by atoms with Crippen LogP contribution in [-0.2, 0) is 17.9 Å². The molecule has 0 spiro atoms. The van der Waals surface area contributed by atoms with Gasteiger partial charge in [0, 0.05) is 30.4 Å². The normalized spacial score (nSPS) is 10.5. The molecule has 0 atom stereocenters. The van der Waals surface area contributed by atoms with Crippen LogP contribution >= 0.6 is 0 Å². The molecule has 0 unspecified atom stereocenters. The van der Waals surface area contributed by atoms with Gasteiger partial charge in [0.1, 0.15) is 12.4 Å². The lowest BCUT2D eigenvalue weighted by molar-refractivity contribution is -0.121. The van der Waals surface area contributed by atoms with Gasteiger partial charge in [-0.1, -0.05) is 24.3 Å². The van der Waals surface area contributed by atoms with Crippen LogP contribution in [0.1, 0.15) is 21.5 Å². The number of hydrogen-bond donors (Lipinski definition) is 6. The summed E-state index contributed by atoms with van der Waals surface area (Å²) in [5.74, 6) is -1.63. The predicted octanol–water partition coefficient (Wildman–Crippen LogP) is 0.833. The zero-order chi connectivity index (χ0) is 24.1. The van der Waals surface area contributed by atoms with Crippen molar-refractivity contribution in [3.05, 3.63) is 75.7 Å². The SMILES string of the molecule is CNc1ncc(-c2cc(N)cc(C(=O)O)c2)n(CC(=O)NCc2ccc(C(=N)N)cc2)c1=O. The minimum absolute atomic E-state index is 0.0359. The van der Waals surface area contributed by atoms with E-state index in [0.717, 1.165) is 5.56 Å². The van der Waals surface area contributed by atoms with Crippen LogP contribution in [-0.4, -0.2) is 39.4 Å². The van der Waals surface area contributed by atoms with E-state index in [1.54, 1.807) is 24.3 Å². The van der Waals surface area contributed by atoms with E-state index in [4.69, 9.17) is 16.9 Å². The van der Waals surface area contributed by atoms with Gasteiger partial charge in [0.05, 0.1) is 17.5 Å². The molecule has 0 radical (unpaired) electrons.